The van der Waals surface area contributed by atoms with Crippen LogP contribution < -0.4 is 5.32 Å². The molecule has 0 amide bonds. The van der Waals surface area contributed by atoms with Crippen molar-refractivity contribution in [1.82, 2.24) is 15.2 Å². The molecule has 2 N–H and O–H groups in total. The van der Waals surface area contributed by atoms with Gasteiger partial charge in [-0.15, -0.1) is 11.3 Å². The van der Waals surface area contributed by atoms with Crippen molar-refractivity contribution in [3.8, 4) is 10.6 Å². The largest absolute Gasteiger partial charge is 0.480 e. The predicted octanol–water partition coefficient (Wildman–Crippen LogP) is 2.98. The summed E-state index contributed by atoms with van der Waals surface area (Å²) in [7, 11) is 0. The maximum absolute atomic E-state index is 13.8. The van der Waals surface area contributed by atoms with Crippen LogP contribution in [0.3, 0.4) is 0 Å². The molecule has 1 heterocycles. The van der Waals surface area contributed by atoms with Crippen molar-refractivity contribution in [2.45, 2.75) is 38.4 Å². The topological polar surface area (TPSA) is 65.5 Å². The molecular weight excluding hydrogens is 341 g/mol. The number of rotatable bonds is 8. The number of halogens is 1. The predicted molar refractivity (Wildman–Crippen MR) is 96.0 cm³/mol. The third-order valence-electron chi connectivity index (χ3n) is 4.60. The van der Waals surface area contributed by atoms with Crippen LogP contribution >= 0.6 is 11.3 Å². The summed E-state index contributed by atoms with van der Waals surface area (Å²) in [5.41, 5.74) is 0.537. The number of nitrogens with zero attached hydrogens (tertiary/aromatic N) is 2. The molecule has 0 atom stereocenters. The lowest BCUT2D eigenvalue weighted by Crippen LogP contribution is -2.53. The zero-order valence-electron chi connectivity index (χ0n) is 14.1. The summed E-state index contributed by atoms with van der Waals surface area (Å²) in [5.74, 6) is -1.03. The van der Waals surface area contributed by atoms with E-state index in [0.717, 1.165) is 24.3 Å². The molecule has 5 nitrogen and oxygen atoms in total. The van der Waals surface area contributed by atoms with Crippen LogP contribution in [0.15, 0.2) is 30.5 Å². The summed E-state index contributed by atoms with van der Waals surface area (Å²) in [5, 5.41) is 13.1. The van der Waals surface area contributed by atoms with Crippen LogP contribution in [0.2, 0.25) is 0 Å². The molecule has 3 rings (SSSR count). The number of aromatic nitrogens is 1. The summed E-state index contributed by atoms with van der Waals surface area (Å²) in [6, 6.07) is 7.40. The first kappa shape index (κ1) is 18.0. The Balaban J connectivity index is 1.48. The van der Waals surface area contributed by atoms with E-state index in [1.54, 1.807) is 18.3 Å². The summed E-state index contributed by atoms with van der Waals surface area (Å²) in [4.78, 5) is 18.3. The van der Waals surface area contributed by atoms with Crippen LogP contribution in [-0.2, 0) is 11.3 Å². The Morgan fingerprint density at radius 3 is 2.88 bits per heavy atom. The highest BCUT2D eigenvalue weighted by molar-refractivity contribution is 7.15. The van der Waals surface area contributed by atoms with Gasteiger partial charge in [-0.3, -0.25) is 9.69 Å². The number of carboxylic acid groups (broad SMARTS) is 1. The quantitative estimate of drug-likeness (QED) is 0.755. The smallest absolute Gasteiger partial charge is 0.317 e. The second-order valence-electron chi connectivity index (χ2n) is 6.27. The lowest BCUT2D eigenvalue weighted by Gasteiger charge is -2.42. The molecule has 7 heteroatoms. The van der Waals surface area contributed by atoms with Crippen molar-refractivity contribution in [1.29, 1.82) is 0 Å². The first-order valence-corrected chi connectivity index (χ1v) is 9.27. The minimum atomic E-state index is -0.774. The molecule has 134 valence electrons. The van der Waals surface area contributed by atoms with E-state index in [9.17, 15) is 9.18 Å². The van der Waals surface area contributed by atoms with Gasteiger partial charge in [0, 0.05) is 35.3 Å². The fourth-order valence-corrected chi connectivity index (χ4v) is 4.01. The fourth-order valence-electron chi connectivity index (χ4n) is 3.12. The monoisotopic (exact) mass is 363 g/mol. The molecule has 0 aliphatic heterocycles. The second-order valence-corrected chi connectivity index (χ2v) is 7.39. The lowest BCUT2D eigenvalue weighted by atomic mass is 9.85. The number of benzene rings is 1. The van der Waals surface area contributed by atoms with Gasteiger partial charge in [0.1, 0.15) is 10.8 Å². The molecular formula is C18H22FN3O2S. The maximum Gasteiger partial charge on any atom is 0.317 e. The van der Waals surface area contributed by atoms with Gasteiger partial charge in [0.15, 0.2) is 0 Å². The van der Waals surface area contributed by atoms with Crippen molar-refractivity contribution in [2.24, 2.45) is 0 Å². The molecule has 0 bridgehead atoms. The molecule has 1 saturated carbocycles. The number of carboxylic acids is 1. The molecule has 0 radical (unpaired) electrons. The van der Waals surface area contributed by atoms with E-state index in [0.29, 0.717) is 29.2 Å². The molecule has 0 spiro atoms. The van der Waals surface area contributed by atoms with Gasteiger partial charge >= 0.3 is 5.97 Å². The zero-order valence-corrected chi connectivity index (χ0v) is 14.9. The van der Waals surface area contributed by atoms with Gasteiger partial charge in [-0.1, -0.05) is 19.1 Å². The third-order valence-corrected chi connectivity index (χ3v) is 5.63. The number of hydrogen-bond donors (Lipinski definition) is 2. The maximum atomic E-state index is 13.8. The second kappa shape index (κ2) is 8.03. The lowest BCUT2D eigenvalue weighted by molar-refractivity contribution is -0.139. The highest BCUT2D eigenvalue weighted by Crippen LogP contribution is 2.29. The van der Waals surface area contributed by atoms with Crippen molar-refractivity contribution in [3.05, 3.63) is 41.2 Å². The van der Waals surface area contributed by atoms with Gasteiger partial charge in [-0.25, -0.2) is 9.37 Å². The Labute approximate surface area is 150 Å². The van der Waals surface area contributed by atoms with Gasteiger partial charge in [-0.2, -0.15) is 0 Å². The first-order chi connectivity index (χ1) is 12.1. The van der Waals surface area contributed by atoms with Gasteiger partial charge in [-0.05, 0) is 31.5 Å². The Bertz CT molecular complexity index is 731. The normalized spacial score (nSPS) is 19.8. The third kappa shape index (κ3) is 4.42. The Morgan fingerprint density at radius 1 is 1.44 bits per heavy atom. The van der Waals surface area contributed by atoms with Gasteiger partial charge < -0.3 is 10.4 Å². The molecule has 25 heavy (non-hydrogen) atoms. The van der Waals surface area contributed by atoms with Crippen molar-refractivity contribution >= 4 is 17.3 Å². The molecule has 1 aliphatic carbocycles. The number of likely N-dealkylation sites (N-methyl/N-ethyl adjacent to an activating group) is 1. The van der Waals surface area contributed by atoms with Crippen LogP contribution in [0.25, 0.3) is 10.6 Å². The summed E-state index contributed by atoms with van der Waals surface area (Å²) in [6.07, 6.45) is 3.71. The Kier molecular flexibility index (Phi) is 5.78. The zero-order chi connectivity index (χ0) is 17.8. The van der Waals surface area contributed by atoms with Gasteiger partial charge in [0.05, 0.1) is 6.54 Å². The number of hydrogen-bond acceptors (Lipinski definition) is 5. The highest BCUT2D eigenvalue weighted by atomic mass is 32.1. The highest BCUT2D eigenvalue weighted by Gasteiger charge is 2.33. The molecule has 1 aromatic heterocycles. The van der Waals surface area contributed by atoms with Gasteiger partial charge in [0.2, 0.25) is 0 Å². The van der Waals surface area contributed by atoms with Crippen molar-refractivity contribution < 1.29 is 14.3 Å². The molecule has 0 saturated heterocycles. The summed E-state index contributed by atoms with van der Waals surface area (Å²) < 4.78 is 13.8. The first-order valence-electron chi connectivity index (χ1n) is 8.45. The van der Waals surface area contributed by atoms with Crippen LogP contribution in [0, 0.1) is 5.82 Å². The van der Waals surface area contributed by atoms with E-state index in [2.05, 4.69) is 10.3 Å². The fraction of sp³-hybridized carbons (Fsp3) is 0.444. The molecule has 1 aliphatic rings. The van der Waals surface area contributed by atoms with E-state index in [1.807, 2.05) is 17.9 Å². The Morgan fingerprint density at radius 2 is 2.20 bits per heavy atom. The standard InChI is InChI=1S/C18H22FN3O2S/c1-2-22(11-17(23)24)13-7-12(8-13)20-9-14-10-21-18(25-14)15-5-3-4-6-16(15)19/h3-6,10,12-13,20H,2,7-9,11H2,1H3,(H,23,24). The van der Waals surface area contributed by atoms with Gasteiger partial charge in [0.25, 0.3) is 0 Å². The van der Waals surface area contributed by atoms with E-state index < -0.39 is 5.97 Å². The average molecular weight is 363 g/mol. The summed E-state index contributed by atoms with van der Waals surface area (Å²) in [6.45, 7) is 3.55. The number of aliphatic carboxylic acids is 1. The molecule has 1 fully saturated rings. The molecule has 2 aromatic rings. The van der Waals surface area contributed by atoms with E-state index in [1.165, 1.54) is 17.4 Å². The van der Waals surface area contributed by atoms with Crippen LogP contribution in [0.4, 0.5) is 4.39 Å². The minimum Gasteiger partial charge on any atom is -0.480 e. The van der Waals surface area contributed by atoms with E-state index in [4.69, 9.17) is 5.11 Å². The number of nitrogens with one attached hydrogen (secondary N) is 1. The number of thiazole rings is 1. The van der Waals surface area contributed by atoms with Crippen molar-refractivity contribution in [2.75, 3.05) is 13.1 Å². The minimum absolute atomic E-state index is 0.106. The Hall–Kier alpha value is -1.83. The van der Waals surface area contributed by atoms with Crippen LogP contribution in [-0.4, -0.2) is 46.1 Å². The van der Waals surface area contributed by atoms with E-state index in [-0.39, 0.29) is 12.4 Å². The van der Waals surface area contributed by atoms with Crippen LogP contribution in [0.5, 0.6) is 0 Å². The molecule has 0 unspecified atom stereocenters. The molecule has 1 aromatic carbocycles. The van der Waals surface area contributed by atoms with E-state index >= 15 is 0 Å². The van der Waals surface area contributed by atoms with Crippen molar-refractivity contribution in [3.63, 3.8) is 0 Å². The number of carbonyl (C=O) groups is 1. The van der Waals surface area contributed by atoms with Crippen LogP contribution in [0.1, 0.15) is 24.6 Å². The summed E-state index contributed by atoms with van der Waals surface area (Å²) >= 11 is 1.49. The SMILES string of the molecule is CCN(CC(=O)O)C1CC(NCc2cnc(-c3ccccc3F)s2)C1. The average Bonchev–Trinajstić information content (AvgIpc) is 3.01.